The van der Waals surface area contributed by atoms with Crippen LogP contribution in [-0.2, 0) is 9.59 Å². The molecule has 0 radical (unpaired) electrons. The lowest BCUT2D eigenvalue weighted by Gasteiger charge is -2.33. The fraction of sp³-hybridized carbons (Fsp3) is 0.526. The maximum atomic E-state index is 13.0. The lowest BCUT2D eigenvalue weighted by molar-refractivity contribution is -0.309. The number of aliphatic carboxylic acids is 1. The zero-order chi connectivity index (χ0) is 19.2. The van der Waals surface area contributed by atoms with Crippen molar-refractivity contribution in [1.29, 1.82) is 0 Å². The second kappa shape index (κ2) is 6.61. The van der Waals surface area contributed by atoms with E-state index in [2.05, 4.69) is 5.32 Å². The van der Waals surface area contributed by atoms with Gasteiger partial charge < -0.3 is 20.1 Å². The van der Waals surface area contributed by atoms with Crippen molar-refractivity contribution >= 4 is 29.5 Å². The van der Waals surface area contributed by atoms with Crippen LogP contribution in [0.3, 0.4) is 0 Å². The summed E-state index contributed by atoms with van der Waals surface area (Å²) >= 11 is 1.55. The molecule has 0 unspecified atom stereocenters. The molecule has 2 aliphatic heterocycles. The fourth-order valence-corrected chi connectivity index (χ4v) is 5.29. The van der Waals surface area contributed by atoms with Crippen LogP contribution in [0.1, 0.15) is 55.4 Å². The van der Waals surface area contributed by atoms with Crippen molar-refractivity contribution in [2.75, 3.05) is 0 Å². The van der Waals surface area contributed by atoms with Gasteiger partial charge in [0.1, 0.15) is 11.4 Å². The number of thioether (sulfide) groups is 1. The summed E-state index contributed by atoms with van der Waals surface area (Å²) in [5, 5.41) is 13.9. The molecule has 7 heteroatoms. The summed E-state index contributed by atoms with van der Waals surface area (Å²) in [4.78, 5) is 39.0. The van der Waals surface area contributed by atoms with Gasteiger partial charge in [-0.1, -0.05) is 38.5 Å². The zero-order valence-electron chi connectivity index (χ0n) is 15.3. The molecule has 1 aromatic rings. The van der Waals surface area contributed by atoms with Gasteiger partial charge in [-0.3, -0.25) is 9.59 Å². The van der Waals surface area contributed by atoms with Crippen LogP contribution < -0.4 is 10.4 Å². The molecule has 4 atom stereocenters. The summed E-state index contributed by atoms with van der Waals surface area (Å²) in [5.41, 5.74) is 1.51. The van der Waals surface area contributed by atoms with Crippen LogP contribution in [0, 0.1) is 5.92 Å². The van der Waals surface area contributed by atoms with Crippen molar-refractivity contribution in [3.05, 3.63) is 35.4 Å². The number of benzene rings is 1. The number of hydrogen-bond acceptors (Lipinski definition) is 5. The number of fused-ring (bicyclic) bond motifs is 3. The van der Waals surface area contributed by atoms with E-state index in [0.717, 1.165) is 5.56 Å². The van der Waals surface area contributed by atoms with Crippen molar-refractivity contribution < 1.29 is 19.5 Å². The van der Waals surface area contributed by atoms with Gasteiger partial charge in [0.25, 0.3) is 5.91 Å². The van der Waals surface area contributed by atoms with Crippen molar-refractivity contribution in [2.45, 2.75) is 56.3 Å². The minimum Gasteiger partial charge on any atom is -0.548 e. The third-order valence-corrected chi connectivity index (χ3v) is 6.84. The maximum Gasteiger partial charge on any atom is 0.256 e. The van der Waals surface area contributed by atoms with Gasteiger partial charge in [-0.05, 0) is 31.4 Å². The summed E-state index contributed by atoms with van der Waals surface area (Å²) in [7, 11) is 0. The lowest BCUT2D eigenvalue weighted by atomic mass is 9.96. The molecular weight excluding hydrogens is 352 g/mol. The smallest absolute Gasteiger partial charge is 0.256 e. The van der Waals surface area contributed by atoms with Crippen molar-refractivity contribution in [3.8, 4) is 0 Å². The topological polar surface area (TPSA) is 89.5 Å². The van der Waals surface area contributed by atoms with Crippen LogP contribution in [0.25, 0.3) is 0 Å². The first-order valence-corrected chi connectivity index (χ1v) is 9.67. The van der Waals surface area contributed by atoms with Gasteiger partial charge in [0, 0.05) is 10.3 Å². The standard InChI is InChI=1S/C19H24N2O4S/c1-5-10(2)13(18(24)25)20-15(22)14-19(3,4)26-17-12-9-7-6-8-11(12)16(23)21(14)17/h6-10,13-14,17H,5H2,1-4H3,(H,20,22)(H,24,25)/p-1/t10-,13+,14-,17-/m1/s1. The number of carbonyl (C=O) groups excluding carboxylic acids is 3. The molecule has 0 spiro atoms. The maximum absolute atomic E-state index is 13.0. The zero-order valence-corrected chi connectivity index (χ0v) is 16.1. The van der Waals surface area contributed by atoms with Gasteiger partial charge in [-0.25, -0.2) is 0 Å². The normalized spacial score (nSPS) is 25.4. The Balaban J connectivity index is 1.91. The van der Waals surface area contributed by atoms with Crippen LogP contribution in [0.5, 0.6) is 0 Å². The Labute approximate surface area is 157 Å². The van der Waals surface area contributed by atoms with Crippen LogP contribution in [0.4, 0.5) is 0 Å². The number of rotatable bonds is 5. The van der Waals surface area contributed by atoms with Gasteiger partial charge in [0.15, 0.2) is 0 Å². The number of hydrogen-bond donors (Lipinski definition) is 1. The summed E-state index contributed by atoms with van der Waals surface area (Å²) in [5.74, 6) is -2.19. The molecule has 26 heavy (non-hydrogen) atoms. The Morgan fingerprint density at radius 1 is 1.35 bits per heavy atom. The predicted octanol–water partition coefficient (Wildman–Crippen LogP) is 1.32. The van der Waals surface area contributed by atoms with Crippen LogP contribution in [0.15, 0.2) is 24.3 Å². The summed E-state index contributed by atoms with van der Waals surface area (Å²) < 4.78 is -0.538. The third-order valence-electron chi connectivity index (χ3n) is 5.31. The van der Waals surface area contributed by atoms with E-state index in [1.165, 1.54) is 0 Å². The molecule has 0 saturated carbocycles. The molecule has 1 saturated heterocycles. The highest BCUT2D eigenvalue weighted by molar-refractivity contribution is 8.01. The number of nitrogens with one attached hydrogen (secondary N) is 1. The van der Waals surface area contributed by atoms with E-state index in [1.807, 2.05) is 32.9 Å². The largest absolute Gasteiger partial charge is 0.548 e. The van der Waals surface area contributed by atoms with Crippen LogP contribution in [0.2, 0.25) is 0 Å². The summed E-state index contributed by atoms with van der Waals surface area (Å²) in [6, 6.07) is 5.53. The minimum absolute atomic E-state index is 0.183. The van der Waals surface area contributed by atoms with E-state index in [1.54, 1.807) is 35.7 Å². The van der Waals surface area contributed by atoms with Crippen LogP contribution >= 0.6 is 11.8 Å². The molecule has 3 rings (SSSR count). The van der Waals surface area contributed by atoms with Gasteiger partial charge >= 0.3 is 0 Å². The first-order valence-electron chi connectivity index (χ1n) is 8.79. The molecule has 2 heterocycles. The highest BCUT2D eigenvalue weighted by Gasteiger charge is 2.57. The molecule has 0 aromatic heterocycles. The molecule has 1 aromatic carbocycles. The molecule has 2 amide bonds. The number of nitrogens with zero attached hydrogens (tertiary/aromatic N) is 1. The van der Waals surface area contributed by atoms with E-state index in [9.17, 15) is 19.5 Å². The Bertz CT molecular complexity index is 764. The van der Waals surface area contributed by atoms with Gasteiger partial charge in [-0.2, -0.15) is 0 Å². The Morgan fingerprint density at radius 3 is 2.62 bits per heavy atom. The second-order valence-electron chi connectivity index (χ2n) is 7.47. The molecule has 6 nitrogen and oxygen atoms in total. The highest BCUT2D eigenvalue weighted by Crippen LogP contribution is 2.56. The van der Waals surface area contributed by atoms with E-state index in [4.69, 9.17) is 0 Å². The molecule has 0 aliphatic carbocycles. The molecule has 1 fully saturated rings. The van der Waals surface area contributed by atoms with E-state index in [0.29, 0.717) is 12.0 Å². The number of carbonyl (C=O) groups is 3. The summed E-state index contributed by atoms with van der Waals surface area (Å²) in [6.07, 6.45) is 0.596. The molecule has 140 valence electrons. The summed E-state index contributed by atoms with van der Waals surface area (Å²) in [6.45, 7) is 7.44. The Morgan fingerprint density at radius 2 is 2.00 bits per heavy atom. The number of carboxylic acid groups (broad SMARTS) is 1. The molecule has 2 aliphatic rings. The lowest BCUT2D eigenvalue weighted by Crippen LogP contribution is -2.59. The van der Waals surface area contributed by atoms with E-state index >= 15 is 0 Å². The monoisotopic (exact) mass is 375 g/mol. The average molecular weight is 375 g/mol. The minimum atomic E-state index is -1.30. The number of amides is 2. The van der Waals surface area contributed by atoms with Crippen molar-refractivity contribution in [1.82, 2.24) is 10.2 Å². The Kier molecular flexibility index (Phi) is 4.77. The van der Waals surface area contributed by atoms with Crippen LogP contribution in [-0.4, -0.2) is 39.5 Å². The van der Waals surface area contributed by atoms with Gasteiger partial charge in [-0.15, -0.1) is 11.8 Å². The van der Waals surface area contributed by atoms with Crippen molar-refractivity contribution in [3.63, 3.8) is 0 Å². The quantitative estimate of drug-likeness (QED) is 0.838. The van der Waals surface area contributed by atoms with E-state index in [-0.39, 0.29) is 17.2 Å². The molecular formula is C19H23N2O4S-. The first-order chi connectivity index (χ1) is 12.2. The highest BCUT2D eigenvalue weighted by atomic mass is 32.2. The molecule has 0 bridgehead atoms. The average Bonchev–Trinajstić information content (AvgIpc) is 3.02. The SMILES string of the molecule is CC[C@@H](C)[C@H](NC(=O)[C@H]1N2C(=O)c3ccccc3[C@H]2SC1(C)C)C(=O)[O-]. The third kappa shape index (κ3) is 2.88. The number of carboxylic acids is 1. The fourth-order valence-electron chi connectivity index (χ4n) is 3.71. The predicted molar refractivity (Wildman–Crippen MR) is 97.2 cm³/mol. The molecule has 1 N–H and O–H groups in total. The van der Waals surface area contributed by atoms with Gasteiger partial charge in [0.2, 0.25) is 5.91 Å². The first kappa shape index (κ1) is 18.8. The second-order valence-corrected chi connectivity index (χ2v) is 9.20. The Hall–Kier alpha value is -2.02. The van der Waals surface area contributed by atoms with E-state index < -0.39 is 28.7 Å². The van der Waals surface area contributed by atoms with Crippen molar-refractivity contribution in [2.24, 2.45) is 5.92 Å². The van der Waals surface area contributed by atoms with Gasteiger partial charge in [0.05, 0.1) is 12.0 Å².